The van der Waals surface area contributed by atoms with E-state index in [1.165, 1.54) is 0 Å². The van der Waals surface area contributed by atoms with Crippen molar-refractivity contribution in [3.05, 3.63) is 53.7 Å². The summed E-state index contributed by atoms with van der Waals surface area (Å²) >= 11 is 0. The molecule has 0 aliphatic rings. The van der Waals surface area contributed by atoms with Gasteiger partial charge in [0.25, 0.3) is 5.91 Å². The van der Waals surface area contributed by atoms with Gasteiger partial charge in [-0.05, 0) is 56.9 Å². The Balaban J connectivity index is 1.86. The monoisotopic (exact) mass is 342 g/mol. The number of nitrogens with zero attached hydrogens (tertiary/aromatic N) is 2. The standard InChI is InChI=1S/C19H26N4O2/c1-23(2)12-4-10-21-19(24)16-9-11-20-18(13-16)22-14-15-5-7-17(25-3)8-6-15/h5-9,11,13H,4,10,12,14H2,1-3H3,(H,20,22)(H,21,24). The Morgan fingerprint density at radius 1 is 1.20 bits per heavy atom. The molecule has 2 aromatic rings. The molecule has 0 atom stereocenters. The van der Waals surface area contributed by atoms with Gasteiger partial charge in [0.15, 0.2) is 0 Å². The number of aromatic nitrogens is 1. The van der Waals surface area contributed by atoms with Gasteiger partial charge in [-0.3, -0.25) is 4.79 Å². The van der Waals surface area contributed by atoms with Gasteiger partial charge in [0, 0.05) is 24.8 Å². The number of rotatable bonds is 9. The van der Waals surface area contributed by atoms with Crippen molar-refractivity contribution in [2.24, 2.45) is 0 Å². The van der Waals surface area contributed by atoms with Crippen LogP contribution in [0.5, 0.6) is 5.75 Å². The zero-order valence-electron chi connectivity index (χ0n) is 15.1. The van der Waals surface area contributed by atoms with E-state index in [1.807, 2.05) is 38.4 Å². The van der Waals surface area contributed by atoms with E-state index in [2.05, 4.69) is 20.5 Å². The molecule has 0 radical (unpaired) electrons. The molecule has 0 aliphatic heterocycles. The largest absolute Gasteiger partial charge is 0.497 e. The molecule has 0 fully saturated rings. The van der Waals surface area contributed by atoms with E-state index in [0.29, 0.717) is 24.5 Å². The number of anilines is 1. The Bertz CT molecular complexity index is 671. The fraction of sp³-hybridized carbons (Fsp3) is 0.368. The Labute approximate surface area is 149 Å². The summed E-state index contributed by atoms with van der Waals surface area (Å²) in [6.45, 7) is 2.24. The minimum atomic E-state index is -0.0753. The summed E-state index contributed by atoms with van der Waals surface area (Å²) in [4.78, 5) is 18.6. The maximum absolute atomic E-state index is 12.2. The predicted octanol–water partition coefficient (Wildman–Crippen LogP) is 2.38. The van der Waals surface area contributed by atoms with E-state index in [1.54, 1.807) is 25.4 Å². The van der Waals surface area contributed by atoms with Crippen LogP contribution in [0.2, 0.25) is 0 Å². The molecular weight excluding hydrogens is 316 g/mol. The van der Waals surface area contributed by atoms with Crippen molar-refractivity contribution < 1.29 is 9.53 Å². The number of methoxy groups -OCH3 is 1. The highest BCUT2D eigenvalue weighted by Gasteiger charge is 2.06. The maximum atomic E-state index is 12.2. The minimum absolute atomic E-state index is 0.0753. The lowest BCUT2D eigenvalue weighted by Gasteiger charge is -2.11. The first-order valence-electron chi connectivity index (χ1n) is 8.34. The molecule has 1 aromatic heterocycles. The first-order valence-corrected chi connectivity index (χ1v) is 8.34. The molecule has 1 heterocycles. The summed E-state index contributed by atoms with van der Waals surface area (Å²) < 4.78 is 5.15. The van der Waals surface area contributed by atoms with Crippen molar-refractivity contribution in [2.45, 2.75) is 13.0 Å². The van der Waals surface area contributed by atoms with Gasteiger partial charge in [0.2, 0.25) is 0 Å². The topological polar surface area (TPSA) is 66.5 Å². The van der Waals surface area contributed by atoms with E-state index in [-0.39, 0.29) is 5.91 Å². The highest BCUT2D eigenvalue weighted by Crippen LogP contribution is 2.13. The van der Waals surface area contributed by atoms with Crippen molar-refractivity contribution in [3.63, 3.8) is 0 Å². The van der Waals surface area contributed by atoms with Crippen LogP contribution in [0.1, 0.15) is 22.3 Å². The number of nitrogens with one attached hydrogen (secondary N) is 2. The highest BCUT2D eigenvalue weighted by molar-refractivity contribution is 5.94. The third kappa shape index (κ3) is 6.43. The summed E-state index contributed by atoms with van der Waals surface area (Å²) in [6, 6.07) is 11.3. The second-order valence-electron chi connectivity index (χ2n) is 6.04. The Hall–Kier alpha value is -2.60. The van der Waals surface area contributed by atoms with E-state index in [0.717, 1.165) is 24.3 Å². The van der Waals surface area contributed by atoms with Gasteiger partial charge in [-0.25, -0.2) is 4.98 Å². The molecule has 2 rings (SSSR count). The molecule has 0 bridgehead atoms. The van der Waals surface area contributed by atoms with Crippen LogP contribution < -0.4 is 15.4 Å². The summed E-state index contributed by atoms with van der Waals surface area (Å²) in [6.07, 6.45) is 2.57. The minimum Gasteiger partial charge on any atom is -0.497 e. The van der Waals surface area contributed by atoms with Crippen molar-refractivity contribution in [3.8, 4) is 5.75 Å². The van der Waals surface area contributed by atoms with Gasteiger partial charge in [0.05, 0.1) is 7.11 Å². The average Bonchev–Trinajstić information content (AvgIpc) is 2.64. The van der Waals surface area contributed by atoms with Crippen LogP contribution in [0.15, 0.2) is 42.6 Å². The number of carbonyl (C=O) groups is 1. The molecule has 0 saturated heterocycles. The molecule has 134 valence electrons. The SMILES string of the molecule is COc1ccc(CNc2cc(C(=O)NCCCN(C)C)ccn2)cc1. The molecular formula is C19H26N4O2. The Morgan fingerprint density at radius 2 is 1.96 bits per heavy atom. The molecule has 25 heavy (non-hydrogen) atoms. The summed E-state index contributed by atoms with van der Waals surface area (Å²) in [7, 11) is 5.69. The highest BCUT2D eigenvalue weighted by atomic mass is 16.5. The number of hydrogen-bond donors (Lipinski definition) is 2. The number of amides is 1. The van der Waals surface area contributed by atoms with Crippen LogP contribution >= 0.6 is 0 Å². The van der Waals surface area contributed by atoms with Crippen molar-refractivity contribution in [2.75, 3.05) is 39.6 Å². The third-order valence-corrected chi connectivity index (χ3v) is 3.72. The van der Waals surface area contributed by atoms with Gasteiger partial charge >= 0.3 is 0 Å². The van der Waals surface area contributed by atoms with E-state index in [9.17, 15) is 4.79 Å². The van der Waals surface area contributed by atoms with Crippen LogP contribution in [-0.2, 0) is 6.54 Å². The fourth-order valence-electron chi connectivity index (χ4n) is 2.30. The van der Waals surface area contributed by atoms with Gasteiger partial charge in [0.1, 0.15) is 11.6 Å². The first-order chi connectivity index (χ1) is 12.1. The summed E-state index contributed by atoms with van der Waals surface area (Å²) in [5.41, 5.74) is 1.72. The van der Waals surface area contributed by atoms with E-state index < -0.39 is 0 Å². The summed E-state index contributed by atoms with van der Waals surface area (Å²) in [5.74, 6) is 1.43. The molecule has 1 amide bonds. The average molecular weight is 342 g/mol. The number of benzene rings is 1. The lowest BCUT2D eigenvalue weighted by atomic mass is 10.2. The quantitative estimate of drug-likeness (QED) is 0.685. The number of carbonyl (C=O) groups excluding carboxylic acids is 1. The van der Waals surface area contributed by atoms with Crippen LogP contribution in [0.3, 0.4) is 0 Å². The molecule has 2 N–H and O–H groups in total. The molecule has 0 spiro atoms. The van der Waals surface area contributed by atoms with Crippen LogP contribution in [-0.4, -0.2) is 50.1 Å². The maximum Gasteiger partial charge on any atom is 0.251 e. The van der Waals surface area contributed by atoms with Gasteiger partial charge in [-0.1, -0.05) is 12.1 Å². The molecule has 0 saturated carbocycles. The van der Waals surface area contributed by atoms with E-state index in [4.69, 9.17) is 4.74 Å². The van der Waals surface area contributed by atoms with E-state index >= 15 is 0 Å². The van der Waals surface area contributed by atoms with Gasteiger partial charge in [-0.15, -0.1) is 0 Å². The van der Waals surface area contributed by atoms with Crippen molar-refractivity contribution >= 4 is 11.7 Å². The Kier molecular flexibility index (Phi) is 7.22. The second-order valence-corrected chi connectivity index (χ2v) is 6.04. The number of pyridine rings is 1. The lowest BCUT2D eigenvalue weighted by Crippen LogP contribution is -2.27. The third-order valence-electron chi connectivity index (χ3n) is 3.72. The Morgan fingerprint density at radius 3 is 2.64 bits per heavy atom. The van der Waals surface area contributed by atoms with Crippen LogP contribution in [0.4, 0.5) is 5.82 Å². The van der Waals surface area contributed by atoms with Gasteiger partial charge in [-0.2, -0.15) is 0 Å². The zero-order valence-corrected chi connectivity index (χ0v) is 15.1. The van der Waals surface area contributed by atoms with Crippen LogP contribution in [0.25, 0.3) is 0 Å². The molecule has 0 unspecified atom stereocenters. The van der Waals surface area contributed by atoms with Crippen molar-refractivity contribution in [1.82, 2.24) is 15.2 Å². The normalized spacial score (nSPS) is 10.6. The fourth-order valence-corrected chi connectivity index (χ4v) is 2.30. The smallest absolute Gasteiger partial charge is 0.251 e. The van der Waals surface area contributed by atoms with Crippen molar-refractivity contribution in [1.29, 1.82) is 0 Å². The number of hydrogen-bond acceptors (Lipinski definition) is 5. The van der Waals surface area contributed by atoms with Gasteiger partial charge < -0.3 is 20.3 Å². The predicted molar refractivity (Wildman–Crippen MR) is 100 cm³/mol. The van der Waals surface area contributed by atoms with Crippen LogP contribution in [0, 0.1) is 0 Å². The molecule has 6 heteroatoms. The lowest BCUT2D eigenvalue weighted by molar-refractivity contribution is 0.0952. The molecule has 6 nitrogen and oxygen atoms in total. The zero-order chi connectivity index (χ0) is 18.1. The molecule has 0 aliphatic carbocycles. The summed E-state index contributed by atoms with van der Waals surface area (Å²) in [5, 5.41) is 6.17. The second kappa shape index (κ2) is 9.64. The molecule has 1 aromatic carbocycles. The first kappa shape index (κ1) is 18.7. The number of ether oxygens (including phenoxy) is 1.